The van der Waals surface area contributed by atoms with E-state index < -0.39 is 0 Å². The fourth-order valence-electron chi connectivity index (χ4n) is 1.97. The van der Waals surface area contributed by atoms with E-state index in [-0.39, 0.29) is 0 Å². The van der Waals surface area contributed by atoms with Gasteiger partial charge in [-0.05, 0) is 27.3 Å². The molecular formula is C12H26N2O. The molecule has 0 radical (unpaired) electrons. The van der Waals surface area contributed by atoms with E-state index in [9.17, 15) is 0 Å². The van der Waals surface area contributed by atoms with Crippen molar-refractivity contribution in [1.82, 2.24) is 9.80 Å². The van der Waals surface area contributed by atoms with E-state index in [4.69, 9.17) is 4.74 Å². The third kappa shape index (κ3) is 4.96. The largest absolute Gasteiger partial charge is 0.374 e. The summed E-state index contributed by atoms with van der Waals surface area (Å²) in [6.45, 7) is 12.3. The summed E-state index contributed by atoms with van der Waals surface area (Å²) < 4.78 is 5.87. The van der Waals surface area contributed by atoms with Gasteiger partial charge in [-0.25, -0.2) is 0 Å². The van der Waals surface area contributed by atoms with E-state index in [1.165, 1.54) is 26.2 Å². The lowest BCUT2D eigenvalue weighted by Crippen LogP contribution is -2.47. The molecule has 1 saturated heterocycles. The summed E-state index contributed by atoms with van der Waals surface area (Å²) in [5.74, 6) is 0. The molecule has 1 unspecified atom stereocenters. The summed E-state index contributed by atoms with van der Waals surface area (Å²) in [7, 11) is 2.19. The van der Waals surface area contributed by atoms with Crippen LogP contribution in [0.3, 0.4) is 0 Å². The summed E-state index contributed by atoms with van der Waals surface area (Å²) in [6, 6.07) is 0. The second kappa shape index (κ2) is 6.46. The number of piperazine rings is 1. The first-order valence-electron chi connectivity index (χ1n) is 6.18. The van der Waals surface area contributed by atoms with Gasteiger partial charge in [0.15, 0.2) is 0 Å². The average molecular weight is 214 g/mol. The quantitative estimate of drug-likeness (QED) is 0.689. The van der Waals surface area contributed by atoms with Crippen molar-refractivity contribution in [2.24, 2.45) is 0 Å². The van der Waals surface area contributed by atoms with Crippen molar-refractivity contribution in [3.8, 4) is 0 Å². The molecule has 1 atom stereocenters. The van der Waals surface area contributed by atoms with Crippen LogP contribution in [-0.2, 0) is 4.74 Å². The molecule has 3 nitrogen and oxygen atoms in total. The van der Waals surface area contributed by atoms with Crippen LogP contribution in [0.25, 0.3) is 0 Å². The van der Waals surface area contributed by atoms with Crippen LogP contribution < -0.4 is 0 Å². The maximum atomic E-state index is 5.87. The number of nitrogens with zero attached hydrogens (tertiary/aromatic N) is 2. The Labute approximate surface area is 94.4 Å². The predicted molar refractivity (Wildman–Crippen MR) is 64.2 cm³/mol. The zero-order valence-corrected chi connectivity index (χ0v) is 10.7. The van der Waals surface area contributed by atoms with Crippen LogP contribution in [0.4, 0.5) is 0 Å². The Hall–Kier alpha value is -0.120. The molecule has 1 aliphatic rings. The highest BCUT2D eigenvalue weighted by Crippen LogP contribution is 2.07. The molecule has 1 rings (SSSR count). The third-order valence-electron chi connectivity index (χ3n) is 2.98. The van der Waals surface area contributed by atoms with Gasteiger partial charge >= 0.3 is 0 Å². The molecule has 0 saturated carbocycles. The molecule has 1 aliphatic heterocycles. The van der Waals surface area contributed by atoms with Gasteiger partial charge in [0.2, 0.25) is 0 Å². The Morgan fingerprint density at radius 1 is 1.13 bits per heavy atom. The summed E-state index contributed by atoms with van der Waals surface area (Å²) >= 11 is 0. The topological polar surface area (TPSA) is 15.7 Å². The van der Waals surface area contributed by atoms with Gasteiger partial charge in [-0.3, -0.25) is 4.90 Å². The fourth-order valence-corrected chi connectivity index (χ4v) is 1.97. The number of hydrogen-bond donors (Lipinski definition) is 0. The number of hydrogen-bond acceptors (Lipinski definition) is 3. The molecule has 0 bridgehead atoms. The molecule has 0 aromatic rings. The monoisotopic (exact) mass is 214 g/mol. The van der Waals surface area contributed by atoms with Crippen LogP contribution in [-0.4, -0.2) is 61.8 Å². The minimum absolute atomic E-state index is 0.349. The van der Waals surface area contributed by atoms with Crippen molar-refractivity contribution < 1.29 is 4.74 Å². The highest BCUT2D eigenvalue weighted by atomic mass is 16.5. The fraction of sp³-hybridized carbons (Fsp3) is 1.00. The molecule has 0 aliphatic carbocycles. The molecule has 0 spiro atoms. The van der Waals surface area contributed by atoms with Crippen LogP contribution in [0.5, 0.6) is 0 Å². The predicted octanol–water partition coefficient (Wildman–Crippen LogP) is 1.44. The average Bonchev–Trinajstić information content (AvgIpc) is 2.19. The van der Waals surface area contributed by atoms with Crippen molar-refractivity contribution >= 4 is 0 Å². The third-order valence-corrected chi connectivity index (χ3v) is 2.98. The van der Waals surface area contributed by atoms with Gasteiger partial charge in [-0.2, -0.15) is 0 Å². The second-order valence-electron chi connectivity index (χ2n) is 4.82. The smallest absolute Gasteiger partial charge is 0.0702 e. The maximum absolute atomic E-state index is 5.87. The first-order chi connectivity index (χ1) is 7.11. The van der Waals surface area contributed by atoms with E-state index >= 15 is 0 Å². The van der Waals surface area contributed by atoms with Crippen LogP contribution in [0.2, 0.25) is 0 Å². The summed E-state index contributed by atoms with van der Waals surface area (Å²) in [5.41, 5.74) is 0. The van der Waals surface area contributed by atoms with Crippen LogP contribution in [0.15, 0.2) is 0 Å². The zero-order chi connectivity index (χ0) is 11.3. The number of rotatable bonds is 5. The molecule has 1 fully saturated rings. The number of likely N-dealkylation sites (N-methyl/N-ethyl adjacent to an activating group) is 1. The van der Waals surface area contributed by atoms with Gasteiger partial charge in [0.1, 0.15) is 0 Å². The highest BCUT2D eigenvalue weighted by Gasteiger charge is 2.18. The Morgan fingerprint density at radius 2 is 1.73 bits per heavy atom. The molecule has 90 valence electrons. The molecule has 3 heteroatoms. The second-order valence-corrected chi connectivity index (χ2v) is 4.82. The zero-order valence-electron chi connectivity index (χ0n) is 10.7. The van der Waals surface area contributed by atoms with Gasteiger partial charge < -0.3 is 9.64 Å². The molecule has 0 amide bonds. The minimum atomic E-state index is 0.349. The Bertz CT molecular complexity index is 165. The first-order valence-corrected chi connectivity index (χ1v) is 6.18. The van der Waals surface area contributed by atoms with Crippen molar-refractivity contribution in [3.63, 3.8) is 0 Å². The Kier molecular flexibility index (Phi) is 5.58. The maximum Gasteiger partial charge on any atom is 0.0702 e. The van der Waals surface area contributed by atoms with Gasteiger partial charge in [-0.1, -0.05) is 6.92 Å². The lowest BCUT2D eigenvalue weighted by atomic mass is 10.2. The van der Waals surface area contributed by atoms with Gasteiger partial charge in [0.25, 0.3) is 0 Å². The van der Waals surface area contributed by atoms with Gasteiger partial charge in [0.05, 0.1) is 12.2 Å². The molecule has 0 aromatic carbocycles. The summed E-state index contributed by atoms with van der Waals surface area (Å²) in [4.78, 5) is 4.91. The van der Waals surface area contributed by atoms with E-state index in [2.05, 4.69) is 37.6 Å². The standard InChI is InChI=1S/C12H26N2O/c1-5-12(15-11(2)3)10-14-8-6-13(4)7-9-14/h11-12H,5-10H2,1-4H3. The number of ether oxygens (including phenoxy) is 1. The Balaban J connectivity index is 2.25. The van der Waals surface area contributed by atoms with E-state index in [1.807, 2.05) is 0 Å². The molecule has 15 heavy (non-hydrogen) atoms. The molecular weight excluding hydrogens is 188 g/mol. The Morgan fingerprint density at radius 3 is 2.20 bits per heavy atom. The van der Waals surface area contributed by atoms with Gasteiger partial charge in [-0.15, -0.1) is 0 Å². The SMILES string of the molecule is CCC(CN1CCN(C)CC1)OC(C)C. The van der Waals surface area contributed by atoms with Crippen molar-refractivity contribution in [2.45, 2.75) is 39.4 Å². The van der Waals surface area contributed by atoms with Crippen molar-refractivity contribution in [1.29, 1.82) is 0 Å². The first kappa shape index (κ1) is 12.9. The summed E-state index contributed by atoms with van der Waals surface area (Å²) in [5, 5.41) is 0. The molecule has 0 aromatic heterocycles. The molecule has 0 N–H and O–H groups in total. The van der Waals surface area contributed by atoms with Crippen LogP contribution in [0.1, 0.15) is 27.2 Å². The lowest BCUT2D eigenvalue weighted by molar-refractivity contribution is -0.0197. The van der Waals surface area contributed by atoms with E-state index in [0.29, 0.717) is 12.2 Å². The lowest BCUT2D eigenvalue weighted by Gasteiger charge is -2.34. The van der Waals surface area contributed by atoms with Crippen molar-refractivity contribution in [3.05, 3.63) is 0 Å². The molecule has 1 heterocycles. The summed E-state index contributed by atoms with van der Waals surface area (Å²) in [6.07, 6.45) is 1.88. The van der Waals surface area contributed by atoms with E-state index in [0.717, 1.165) is 13.0 Å². The van der Waals surface area contributed by atoms with Crippen molar-refractivity contribution in [2.75, 3.05) is 39.8 Å². The van der Waals surface area contributed by atoms with Gasteiger partial charge in [0, 0.05) is 32.7 Å². The van der Waals surface area contributed by atoms with Crippen LogP contribution >= 0.6 is 0 Å². The highest BCUT2D eigenvalue weighted by molar-refractivity contribution is 4.72. The normalized spacial score (nSPS) is 22.2. The minimum Gasteiger partial charge on any atom is -0.374 e. The van der Waals surface area contributed by atoms with E-state index in [1.54, 1.807) is 0 Å². The van der Waals surface area contributed by atoms with Crippen LogP contribution in [0, 0.1) is 0 Å².